The van der Waals surface area contributed by atoms with Gasteiger partial charge in [-0.2, -0.15) is 0 Å². The maximum absolute atomic E-state index is 11.6. The normalized spacial score (nSPS) is 23.1. The van der Waals surface area contributed by atoms with Gasteiger partial charge in [0.25, 0.3) is 0 Å². The summed E-state index contributed by atoms with van der Waals surface area (Å²) >= 11 is 0. The second kappa shape index (κ2) is 4.97. The Morgan fingerprint density at radius 2 is 2.13 bits per heavy atom. The van der Waals surface area contributed by atoms with E-state index in [4.69, 9.17) is 0 Å². The monoisotopic (exact) mass is 212 g/mol. The number of rotatable bonds is 3. The van der Waals surface area contributed by atoms with Gasteiger partial charge in [-0.25, -0.2) is 0 Å². The summed E-state index contributed by atoms with van der Waals surface area (Å²) in [6.45, 7) is 12.3. The maximum Gasteiger partial charge on any atom is 0.225 e. The van der Waals surface area contributed by atoms with Crippen LogP contribution in [0.25, 0.3) is 0 Å². The molecule has 0 aromatic carbocycles. The Morgan fingerprint density at radius 1 is 1.47 bits per heavy atom. The maximum atomic E-state index is 11.6. The zero-order valence-electron chi connectivity index (χ0n) is 10.5. The van der Waals surface area contributed by atoms with Crippen molar-refractivity contribution in [3.05, 3.63) is 0 Å². The van der Waals surface area contributed by atoms with Crippen LogP contribution >= 0.6 is 0 Å². The van der Waals surface area contributed by atoms with E-state index >= 15 is 0 Å². The smallest absolute Gasteiger partial charge is 0.225 e. The zero-order valence-corrected chi connectivity index (χ0v) is 10.5. The summed E-state index contributed by atoms with van der Waals surface area (Å²) in [4.78, 5) is 14.1. The number of likely N-dealkylation sites (tertiary alicyclic amines) is 1. The standard InChI is InChI=1S/C12H24N2O/c1-5-14-7-6-10(9-14)8-13-11(15)12(2,3)4/h10H,5-9H2,1-4H3,(H,13,15). The Bertz CT molecular complexity index is 220. The number of carbonyl (C=O) groups excluding carboxylic acids is 1. The quantitative estimate of drug-likeness (QED) is 0.768. The lowest BCUT2D eigenvalue weighted by Gasteiger charge is -2.19. The van der Waals surface area contributed by atoms with Crippen LogP contribution in [0, 0.1) is 11.3 Å². The van der Waals surface area contributed by atoms with Gasteiger partial charge >= 0.3 is 0 Å². The lowest BCUT2D eigenvalue weighted by Crippen LogP contribution is -2.38. The van der Waals surface area contributed by atoms with E-state index in [2.05, 4.69) is 17.1 Å². The largest absolute Gasteiger partial charge is 0.355 e. The van der Waals surface area contributed by atoms with Crippen molar-refractivity contribution >= 4 is 5.91 Å². The van der Waals surface area contributed by atoms with Gasteiger partial charge in [-0.1, -0.05) is 27.7 Å². The molecule has 15 heavy (non-hydrogen) atoms. The first-order chi connectivity index (χ1) is 6.93. The summed E-state index contributed by atoms with van der Waals surface area (Å²) in [5.41, 5.74) is -0.261. The van der Waals surface area contributed by atoms with Gasteiger partial charge in [-0.05, 0) is 25.4 Å². The van der Waals surface area contributed by atoms with E-state index in [0.717, 1.165) is 19.6 Å². The van der Waals surface area contributed by atoms with Gasteiger partial charge in [0.1, 0.15) is 0 Å². The molecule has 1 atom stereocenters. The molecule has 1 unspecified atom stereocenters. The number of hydrogen-bond acceptors (Lipinski definition) is 2. The second-order valence-electron chi connectivity index (χ2n) is 5.51. The van der Waals surface area contributed by atoms with Crippen LogP contribution in [0.4, 0.5) is 0 Å². The summed E-state index contributed by atoms with van der Waals surface area (Å²) in [6, 6.07) is 0. The highest BCUT2D eigenvalue weighted by Crippen LogP contribution is 2.16. The first-order valence-corrected chi connectivity index (χ1v) is 5.94. The van der Waals surface area contributed by atoms with Gasteiger partial charge in [-0.15, -0.1) is 0 Å². The Balaban J connectivity index is 2.24. The van der Waals surface area contributed by atoms with Crippen molar-refractivity contribution in [1.29, 1.82) is 0 Å². The third-order valence-corrected chi connectivity index (χ3v) is 3.05. The fraction of sp³-hybridized carbons (Fsp3) is 0.917. The van der Waals surface area contributed by atoms with Gasteiger partial charge in [0, 0.05) is 18.5 Å². The average Bonchev–Trinajstić information content (AvgIpc) is 2.60. The van der Waals surface area contributed by atoms with Crippen molar-refractivity contribution in [2.75, 3.05) is 26.2 Å². The van der Waals surface area contributed by atoms with Crippen LogP contribution in [-0.2, 0) is 4.79 Å². The molecule has 0 saturated carbocycles. The third kappa shape index (κ3) is 3.82. The fourth-order valence-electron chi connectivity index (χ4n) is 1.87. The van der Waals surface area contributed by atoms with Gasteiger partial charge in [0.05, 0.1) is 0 Å². The van der Waals surface area contributed by atoms with Crippen LogP contribution in [0.1, 0.15) is 34.1 Å². The molecule has 1 fully saturated rings. The van der Waals surface area contributed by atoms with Crippen molar-refractivity contribution in [3.8, 4) is 0 Å². The molecule has 1 aliphatic rings. The SMILES string of the molecule is CCN1CCC(CNC(=O)C(C)(C)C)C1. The zero-order chi connectivity index (χ0) is 11.5. The van der Waals surface area contributed by atoms with E-state index in [9.17, 15) is 4.79 Å². The molecule has 1 rings (SSSR count). The van der Waals surface area contributed by atoms with E-state index < -0.39 is 0 Å². The summed E-state index contributed by atoms with van der Waals surface area (Å²) < 4.78 is 0. The van der Waals surface area contributed by atoms with Crippen molar-refractivity contribution in [2.45, 2.75) is 34.1 Å². The summed E-state index contributed by atoms with van der Waals surface area (Å²) in [5.74, 6) is 0.814. The van der Waals surface area contributed by atoms with Crippen molar-refractivity contribution < 1.29 is 4.79 Å². The minimum atomic E-state index is -0.261. The minimum Gasteiger partial charge on any atom is -0.355 e. The van der Waals surface area contributed by atoms with Crippen molar-refractivity contribution in [3.63, 3.8) is 0 Å². The highest BCUT2D eigenvalue weighted by Gasteiger charge is 2.25. The van der Waals surface area contributed by atoms with Crippen molar-refractivity contribution in [2.24, 2.45) is 11.3 Å². The molecule has 1 aliphatic heterocycles. The highest BCUT2D eigenvalue weighted by molar-refractivity contribution is 5.81. The molecule has 1 saturated heterocycles. The van der Waals surface area contributed by atoms with E-state index in [1.165, 1.54) is 13.0 Å². The van der Waals surface area contributed by atoms with E-state index in [0.29, 0.717) is 5.92 Å². The molecule has 0 radical (unpaired) electrons. The first kappa shape index (κ1) is 12.5. The number of amides is 1. The van der Waals surface area contributed by atoms with Crippen LogP contribution in [0.3, 0.4) is 0 Å². The lowest BCUT2D eigenvalue weighted by molar-refractivity contribution is -0.128. The molecule has 0 aromatic rings. The van der Waals surface area contributed by atoms with E-state index in [1.54, 1.807) is 0 Å². The van der Waals surface area contributed by atoms with E-state index in [-0.39, 0.29) is 11.3 Å². The van der Waals surface area contributed by atoms with Crippen molar-refractivity contribution in [1.82, 2.24) is 10.2 Å². The molecule has 0 spiro atoms. The van der Waals surface area contributed by atoms with Crippen LogP contribution in [0.2, 0.25) is 0 Å². The molecule has 0 aromatic heterocycles. The van der Waals surface area contributed by atoms with Crippen LogP contribution in [-0.4, -0.2) is 37.0 Å². The number of nitrogens with one attached hydrogen (secondary N) is 1. The van der Waals surface area contributed by atoms with Gasteiger partial charge in [-0.3, -0.25) is 4.79 Å². The highest BCUT2D eigenvalue weighted by atomic mass is 16.2. The van der Waals surface area contributed by atoms with Crippen LogP contribution in [0.15, 0.2) is 0 Å². The molecule has 88 valence electrons. The molecule has 1 amide bonds. The summed E-state index contributed by atoms with van der Waals surface area (Å²) in [5, 5.41) is 3.04. The van der Waals surface area contributed by atoms with Gasteiger partial charge in [0.15, 0.2) is 0 Å². The van der Waals surface area contributed by atoms with Gasteiger partial charge < -0.3 is 10.2 Å². The first-order valence-electron chi connectivity index (χ1n) is 5.94. The summed E-state index contributed by atoms with van der Waals surface area (Å²) in [7, 11) is 0. The molecule has 3 nitrogen and oxygen atoms in total. The minimum absolute atomic E-state index is 0.164. The topological polar surface area (TPSA) is 32.3 Å². The van der Waals surface area contributed by atoms with Crippen LogP contribution < -0.4 is 5.32 Å². The molecule has 0 bridgehead atoms. The third-order valence-electron chi connectivity index (χ3n) is 3.05. The molecular weight excluding hydrogens is 188 g/mol. The Labute approximate surface area is 93.2 Å². The van der Waals surface area contributed by atoms with E-state index in [1.807, 2.05) is 20.8 Å². The average molecular weight is 212 g/mol. The molecular formula is C12H24N2O. The lowest BCUT2D eigenvalue weighted by atomic mass is 9.95. The predicted octanol–water partition coefficient (Wildman–Crippen LogP) is 1.49. The Hall–Kier alpha value is -0.570. The summed E-state index contributed by atoms with van der Waals surface area (Å²) in [6.07, 6.45) is 1.22. The molecule has 3 heteroatoms. The Kier molecular flexibility index (Phi) is 4.14. The number of nitrogens with zero attached hydrogens (tertiary/aromatic N) is 1. The fourth-order valence-corrected chi connectivity index (χ4v) is 1.87. The molecule has 0 aliphatic carbocycles. The molecule has 1 N–H and O–H groups in total. The molecule has 1 heterocycles. The Morgan fingerprint density at radius 3 is 2.60 bits per heavy atom. The van der Waals surface area contributed by atoms with Gasteiger partial charge in [0.2, 0.25) is 5.91 Å². The van der Waals surface area contributed by atoms with Crippen LogP contribution in [0.5, 0.6) is 0 Å². The predicted molar refractivity (Wildman–Crippen MR) is 62.7 cm³/mol. The number of hydrogen-bond donors (Lipinski definition) is 1. The second-order valence-corrected chi connectivity index (χ2v) is 5.51. The number of carbonyl (C=O) groups is 1.